The highest BCUT2D eigenvalue weighted by atomic mass is 19.4. The Morgan fingerprint density at radius 2 is 1.76 bits per heavy atom. The van der Waals surface area contributed by atoms with E-state index in [4.69, 9.17) is 18.9 Å². The average molecular weight is 535 g/mol. The Morgan fingerprint density at radius 3 is 2.37 bits per heavy atom. The van der Waals surface area contributed by atoms with E-state index in [0.29, 0.717) is 39.9 Å². The zero-order valence-electron chi connectivity index (χ0n) is 21.5. The van der Waals surface area contributed by atoms with Crippen LogP contribution in [0.4, 0.5) is 13.2 Å². The fourth-order valence-corrected chi connectivity index (χ4v) is 4.09. The van der Waals surface area contributed by atoms with Gasteiger partial charge in [-0.05, 0) is 56.2 Å². The van der Waals surface area contributed by atoms with Crippen molar-refractivity contribution in [3.8, 4) is 17.2 Å². The lowest BCUT2D eigenvalue weighted by Gasteiger charge is -2.18. The fraction of sp³-hybridized carbons (Fsp3) is 0.407. The molecule has 8 nitrogen and oxygen atoms in total. The smallest absolute Gasteiger partial charge is 0.431 e. The maximum absolute atomic E-state index is 13.1. The van der Waals surface area contributed by atoms with E-state index in [1.165, 1.54) is 24.3 Å². The Kier molecular flexibility index (Phi) is 7.70. The van der Waals surface area contributed by atoms with Crippen molar-refractivity contribution in [3.63, 3.8) is 0 Å². The molecule has 0 aliphatic carbocycles. The third-order valence-corrected chi connectivity index (χ3v) is 6.13. The van der Waals surface area contributed by atoms with Crippen molar-refractivity contribution < 1.29 is 32.1 Å². The number of aryl methyl sites for hydroxylation is 1. The zero-order valence-corrected chi connectivity index (χ0v) is 21.5. The third kappa shape index (κ3) is 6.11. The average Bonchev–Trinajstić information content (AvgIpc) is 3.22. The maximum Gasteiger partial charge on any atom is 0.431 e. The van der Waals surface area contributed by atoms with Gasteiger partial charge in [-0.3, -0.25) is 9.36 Å². The number of hydrogen-bond donors (Lipinski definition) is 0. The maximum atomic E-state index is 13.1. The summed E-state index contributed by atoms with van der Waals surface area (Å²) in [7, 11) is 0.967. The second-order valence-corrected chi connectivity index (χ2v) is 9.38. The Labute approximate surface area is 217 Å². The van der Waals surface area contributed by atoms with Crippen LogP contribution in [0.1, 0.15) is 37.6 Å². The lowest BCUT2D eigenvalue weighted by molar-refractivity contribution is -0.144. The van der Waals surface area contributed by atoms with Gasteiger partial charge in [0.2, 0.25) is 0 Å². The van der Waals surface area contributed by atoms with E-state index in [2.05, 4.69) is 0 Å². The molecule has 4 rings (SSSR count). The second kappa shape index (κ2) is 10.7. The summed E-state index contributed by atoms with van der Waals surface area (Å²) in [5.41, 5.74) is -1.47. The summed E-state index contributed by atoms with van der Waals surface area (Å²) >= 11 is 0. The van der Waals surface area contributed by atoms with E-state index in [9.17, 15) is 22.8 Å². The Morgan fingerprint density at radius 1 is 1.05 bits per heavy atom. The van der Waals surface area contributed by atoms with Crippen LogP contribution in [0.3, 0.4) is 0 Å². The Balaban J connectivity index is 1.48. The molecular weight excluding hydrogens is 505 g/mol. The van der Waals surface area contributed by atoms with Crippen LogP contribution in [0.15, 0.2) is 58.1 Å². The SMILES string of the molecule is CCc1ccc(COc2ccc(-n3c(=O)cc(C(F)(F)F)n(C)c3=O)cc2)c(OCC2COC(C)(C)O2)c1. The molecule has 1 fully saturated rings. The molecule has 0 saturated carbocycles. The highest BCUT2D eigenvalue weighted by Gasteiger charge is 2.35. The summed E-state index contributed by atoms with van der Waals surface area (Å²) in [4.78, 5) is 24.8. The van der Waals surface area contributed by atoms with Gasteiger partial charge in [-0.15, -0.1) is 0 Å². The topological polar surface area (TPSA) is 80.9 Å². The molecule has 1 aliphatic rings. The summed E-state index contributed by atoms with van der Waals surface area (Å²) in [6.45, 7) is 6.66. The van der Waals surface area contributed by atoms with Gasteiger partial charge in [0.25, 0.3) is 5.56 Å². The Hall–Kier alpha value is -3.57. The van der Waals surface area contributed by atoms with Crippen LogP contribution in [0.2, 0.25) is 0 Å². The minimum Gasteiger partial charge on any atom is -0.490 e. The number of benzene rings is 2. The summed E-state index contributed by atoms with van der Waals surface area (Å²) in [5, 5.41) is 0. The molecule has 0 bridgehead atoms. The summed E-state index contributed by atoms with van der Waals surface area (Å²) in [5.74, 6) is 0.451. The van der Waals surface area contributed by atoms with Crippen molar-refractivity contribution in [1.82, 2.24) is 9.13 Å². The molecule has 0 N–H and O–H groups in total. The molecule has 1 atom stereocenters. The molecule has 204 valence electrons. The van der Waals surface area contributed by atoms with Crippen LogP contribution >= 0.6 is 0 Å². The van der Waals surface area contributed by atoms with Crippen molar-refractivity contribution in [2.45, 2.75) is 51.9 Å². The van der Waals surface area contributed by atoms with E-state index in [1.807, 2.05) is 39.0 Å². The number of halogens is 3. The van der Waals surface area contributed by atoms with Gasteiger partial charge in [0, 0.05) is 18.7 Å². The van der Waals surface area contributed by atoms with Crippen LogP contribution in [-0.2, 0) is 35.7 Å². The second-order valence-electron chi connectivity index (χ2n) is 9.38. The van der Waals surface area contributed by atoms with Crippen molar-refractivity contribution >= 4 is 0 Å². The van der Waals surface area contributed by atoms with E-state index < -0.39 is 28.9 Å². The number of nitrogens with zero attached hydrogens (tertiary/aromatic N) is 2. The molecule has 3 aromatic rings. The Bertz CT molecular complexity index is 1410. The number of hydrogen-bond acceptors (Lipinski definition) is 6. The van der Waals surface area contributed by atoms with Crippen LogP contribution in [0.25, 0.3) is 5.69 Å². The highest BCUT2D eigenvalue weighted by Crippen LogP contribution is 2.28. The molecule has 1 saturated heterocycles. The number of ether oxygens (including phenoxy) is 4. The number of aromatic nitrogens is 2. The summed E-state index contributed by atoms with van der Waals surface area (Å²) in [6, 6.07) is 12.2. The van der Waals surface area contributed by atoms with Crippen LogP contribution in [0.5, 0.6) is 11.5 Å². The molecule has 1 aromatic heterocycles. The molecule has 11 heteroatoms. The van der Waals surface area contributed by atoms with E-state index >= 15 is 0 Å². The molecule has 2 aromatic carbocycles. The minimum atomic E-state index is -4.82. The highest BCUT2D eigenvalue weighted by molar-refractivity contribution is 5.40. The third-order valence-electron chi connectivity index (χ3n) is 6.13. The molecular formula is C27H29F3N2O6. The first-order valence-corrected chi connectivity index (χ1v) is 12.1. The monoisotopic (exact) mass is 534 g/mol. The lowest BCUT2D eigenvalue weighted by Crippen LogP contribution is -2.40. The van der Waals surface area contributed by atoms with Gasteiger partial charge >= 0.3 is 11.9 Å². The molecule has 2 heterocycles. The molecule has 1 aliphatic heterocycles. The van der Waals surface area contributed by atoms with Crippen LogP contribution < -0.4 is 20.7 Å². The van der Waals surface area contributed by atoms with Crippen molar-refractivity contribution in [2.75, 3.05) is 13.2 Å². The molecule has 0 spiro atoms. The predicted molar refractivity (Wildman–Crippen MR) is 133 cm³/mol. The standard InChI is InChI=1S/C27H29F3N2O6/c1-5-17-6-7-18(22(12-17)36-15-21-16-37-26(2,3)38-21)14-35-20-10-8-19(9-11-20)32-24(33)13-23(27(28,29)30)31(4)25(32)34/h6-13,21H,5,14-16H2,1-4H3. The van der Waals surface area contributed by atoms with Crippen molar-refractivity contribution in [3.05, 3.63) is 86.2 Å². The first-order chi connectivity index (χ1) is 17.9. The van der Waals surface area contributed by atoms with E-state index in [-0.39, 0.29) is 18.4 Å². The van der Waals surface area contributed by atoms with Gasteiger partial charge in [-0.1, -0.05) is 19.1 Å². The molecule has 0 radical (unpaired) electrons. The first kappa shape index (κ1) is 27.5. The lowest BCUT2D eigenvalue weighted by atomic mass is 10.1. The number of rotatable bonds is 8. The van der Waals surface area contributed by atoms with E-state index in [1.54, 1.807) is 0 Å². The van der Waals surface area contributed by atoms with Gasteiger partial charge < -0.3 is 18.9 Å². The quantitative estimate of drug-likeness (QED) is 0.431. The van der Waals surface area contributed by atoms with Gasteiger partial charge in [-0.25, -0.2) is 9.36 Å². The molecule has 0 amide bonds. The van der Waals surface area contributed by atoms with Crippen molar-refractivity contribution in [1.29, 1.82) is 0 Å². The summed E-state index contributed by atoms with van der Waals surface area (Å²) in [6.07, 6.45) is -4.19. The number of alkyl halides is 3. The molecule has 1 unspecified atom stereocenters. The van der Waals surface area contributed by atoms with Gasteiger partial charge in [-0.2, -0.15) is 13.2 Å². The minimum absolute atomic E-state index is 0.120. The normalized spacial score (nSPS) is 17.0. The first-order valence-electron chi connectivity index (χ1n) is 12.1. The predicted octanol–water partition coefficient (Wildman–Crippen LogP) is 4.23. The summed E-state index contributed by atoms with van der Waals surface area (Å²) < 4.78 is 63.7. The van der Waals surface area contributed by atoms with Gasteiger partial charge in [0.1, 0.15) is 36.5 Å². The van der Waals surface area contributed by atoms with Crippen molar-refractivity contribution in [2.24, 2.45) is 7.05 Å². The largest absolute Gasteiger partial charge is 0.490 e. The van der Waals surface area contributed by atoms with Crippen LogP contribution in [-0.4, -0.2) is 34.2 Å². The molecule has 38 heavy (non-hydrogen) atoms. The fourth-order valence-electron chi connectivity index (χ4n) is 4.09. The zero-order chi connectivity index (χ0) is 27.7. The van der Waals surface area contributed by atoms with Gasteiger partial charge in [0.05, 0.1) is 12.3 Å². The van der Waals surface area contributed by atoms with E-state index in [0.717, 1.165) is 24.6 Å². The van der Waals surface area contributed by atoms with Crippen LogP contribution in [0, 0.1) is 0 Å². The van der Waals surface area contributed by atoms with Gasteiger partial charge in [0.15, 0.2) is 5.79 Å².